The summed E-state index contributed by atoms with van der Waals surface area (Å²) in [7, 11) is -7.14. The average molecular weight is 435 g/mol. The Kier molecular flexibility index (Phi) is 10.6. The molecular formula is C18H23ClO6S2. The lowest BCUT2D eigenvalue weighted by molar-refractivity contribution is 0.311. The van der Waals surface area contributed by atoms with Gasteiger partial charge in [-0.05, 0) is 30.7 Å². The third kappa shape index (κ3) is 8.85. The SMILES string of the molecule is CCCCOS(=O)(=O)c1ccccc1.O=S(=O)(OCCCl)c1ccccc1. The van der Waals surface area contributed by atoms with Crippen molar-refractivity contribution in [3.8, 4) is 0 Å². The first-order chi connectivity index (χ1) is 12.8. The zero-order valence-corrected chi connectivity index (χ0v) is 17.3. The van der Waals surface area contributed by atoms with E-state index in [9.17, 15) is 16.8 Å². The minimum absolute atomic E-state index is 0.00121. The van der Waals surface area contributed by atoms with Gasteiger partial charge in [-0.1, -0.05) is 49.7 Å². The number of halogens is 1. The molecule has 0 saturated carbocycles. The Bertz CT molecular complexity index is 853. The van der Waals surface area contributed by atoms with Gasteiger partial charge in [0.25, 0.3) is 20.2 Å². The molecule has 9 heteroatoms. The Morgan fingerprint density at radius 2 is 1.15 bits per heavy atom. The quantitative estimate of drug-likeness (QED) is 0.338. The van der Waals surface area contributed by atoms with Crippen LogP contribution in [0.25, 0.3) is 0 Å². The first-order valence-corrected chi connectivity index (χ1v) is 11.6. The summed E-state index contributed by atoms with van der Waals surface area (Å²) in [5, 5.41) is 0. The number of unbranched alkanes of at least 4 members (excludes halogenated alkanes) is 1. The number of hydrogen-bond acceptors (Lipinski definition) is 6. The van der Waals surface area contributed by atoms with E-state index in [0.29, 0.717) is 0 Å². The van der Waals surface area contributed by atoms with Crippen molar-refractivity contribution in [2.75, 3.05) is 19.1 Å². The highest BCUT2D eigenvalue weighted by Crippen LogP contribution is 2.12. The van der Waals surface area contributed by atoms with Gasteiger partial charge in [0.1, 0.15) is 0 Å². The summed E-state index contributed by atoms with van der Waals surface area (Å²) in [5.41, 5.74) is 0. The van der Waals surface area contributed by atoms with Gasteiger partial charge in [-0.3, -0.25) is 8.37 Å². The maximum atomic E-state index is 11.5. The molecule has 0 saturated heterocycles. The molecule has 0 unspecified atom stereocenters. The van der Waals surface area contributed by atoms with Crippen LogP contribution in [0.15, 0.2) is 70.5 Å². The summed E-state index contributed by atoms with van der Waals surface area (Å²) in [6.07, 6.45) is 1.68. The number of rotatable bonds is 9. The number of alkyl halides is 1. The number of benzene rings is 2. The summed E-state index contributed by atoms with van der Waals surface area (Å²) in [6.45, 7) is 2.24. The zero-order valence-electron chi connectivity index (χ0n) is 15.0. The highest BCUT2D eigenvalue weighted by atomic mass is 35.5. The third-order valence-corrected chi connectivity index (χ3v) is 5.92. The van der Waals surface area contributed by atoms with Gasteiger partial charge in [0.05, 0.1) is 23.0 Å². The van der Waals surface area contributed by atoms with E-state index in [4.69, 9.17) is 15.8 Å². The molecule has 0 aromatic heterocycles. The summed E-state index contributed by atoms with van der Waals surface area (Å²) in [4.78, 5) is 0.371. The summed E-state index contributed by atoms with van der Waals surface area (Å²) >= 11 is 5.31. The van der Waals surface area contributed by atoms with E-state index in [1.54, 1.807) is 36.4 Å². The molecule has 2 rings (SSSR count). The van der Waals surface area contributed by atoms with E-state index in [2.05, 4.69) is 4.18 Å². The molecule has 27 heavy (non-hydrogen) atoms. The standard InChI is InChI=1S/C10H14O3S.C8H9ClO3S/c1-2-3-9-13-14(11,12)10-7-5-4-6-8-10;9-6-7-12-13(10,11)8-4-2-1-3-5-8/h4-8H,2-3,9H2,1H3;1-5H,6-7H2. The molecule has 0 aliphatic rings. The molecule has 6 nitrogen and oxygen atoms in total. The van der Waals surface area contributed by atoms with E-state index in [1.165, 1.54) is 24.3 Å². The minimum atomic E-state index is -3.61. The number of hydrogen-bond donors (Lipinski definition) is 0. The molecule has 2 aromatic rings. The molecule has 0 radical (unpaired) electrons. The van der Waals surface area contributed by atoms with Crippen LogP contribution in [-0.4, -0.2) is 35.9 Å². The van der Waals surface area contributed by atoms with Crippen LogP contribution < -0.4 is 0 Å². The van der Waals surface area contributed by atoms with Crippen LogP contribution in [0.5, 0.6) is 0 Å². The molecule has 0 amide bonds. The van der Waals surface area contributed by atoms with Crippen molar-refractivity contribution in [3.63, 3.8) is 0 Å². The topological polar surface area (TPSA) is 86.7 Å². The highest BCUT2D eigenvalue weighted by molar-refractivity contribution is 7.87. The Labute approximate surface area is 166 Å². The molecule has 0 heterocycles. The lowest BCUT2D eigenvalue weighted by Gasteiger charge is -2.03. The first kappa shape index (κ1) is 23.6. The molecule has 0 aliphatic heterocycles. The molecule has 0 N–H and O–H groups in total. The van der Waals surface area contributed by atoms with Crippen molar-refractivity contribution in [2.24, 2.45) is 0 Å². The van der Waals surface area contributed by atoms with Crippen molar-refractivity contribution in [2.45, 2.75) is 29.6 Å². The van der Waals surface area contributed by atoms with Gasteiger partial charge in [-0.15, -0.1) is 11.6 Å². The fourth-order valence-electron chi connectivity index (χ4n) is 1.76. The summed E-state index contributed by atoms with van der Waals surface area (Å²) in [5.74, 6) is 0.159. The van der Waals surface area contributed by atoms with Crippen molar-refractivity contribution in [3.05, 3.63) is 60.7 Å². The van der Waals surface area contributed by atoms with Gasteiger partial charge in [0.2, 0.25) is 0 Å². The normalized spacial score (nSPS) is 11.5. The summed E-state index contributed by atoms with van der Waals surface area (Å²) in [6, 6.07) is 16.1. The fraction of sp³-hybridized carbons (Fsp3) is 0.333. The van der Waals surface area contributed by atoms with Gasteiger partial charge < -0.3 is 0 Å². The predicted octanol–water partition coefficient (Wildman–Crippen LogP) is 3.82. The van der Waals surface area contributed by atoms with E-state index >= 15 is 0 Å². The van der Waals surface area contributed by atoms with Crippen LogP contribution in [0.1, 0.15) is 19.8 Å². The Hall–Kier alpha value is -1.45. The molecule has 150 valence electrons. The Morgan fingerprint density at radius 3 is 1.52 bits per heavy atom. The molecule has 2 aromatic carbocycles. The van der Waals surface area contributed by atoms with Gasteiger partial charge in [-0.2, -0.15) is 16.8 Å². The van der Waals surface area contributed by atoms with Crippen LogP contribution in [0.2, 0.25) is 0 Å². The Balaban J connectivity index is 0.000000271. The molecule has 0 bridgehead atoms. The van der Waals surface area contributed by atoms with E-state index in [0.717, 1.165) is 12.8 Å². The largest absolute Gasteiger partial charge is 0.297 e. The molecule has 0 spiro atoms. The van der Waals surface area contributed by atoms with Crippen LogP contribution in [-0.2, 0) is 28.6 Å². The van der Waals surface area contributed by atoms with Gasteiger partial charge >= 0.3 is 0 Å². The van der Waals surface area contributed by atoms with E-state index in [-0.39, 0.29) is 28.9 Å². The molecular weight excluding hydrogens is 412 g/mol. The van der Waals surface area contributed by atoms with Crippen LogP contribution in [0, 0.1) is 0 Å². The second-order valence-corrected chi connectivity index (χ2v) is 8.83. The second kappa shape index (κ2) is 12.1. The maximum absolute atomic E-state index is 11.5. The van der Waals surface area contributed by atoms with Crippen molar-refractivity contribution in [1.29, 1.82) is 0 Å². The van der Waals surface area contributed by atoms with Crippen LogP contribution >= 0.6 is 11.6 Å². The monoisotopic (exact) mass is 434 g/mol. The van der Waals surface area contributed by atoms with E-state index in [1.807, 2.05) is 6.92 Å². The second-order valence-electron chi connectivity index (χ2n) is 5.22. The zero-order chi connectivity index (χ0) is 20.2. The van der Waals surface area contributed by atoms with Gasteiger partial charge in [-0.25, -0.2) is 0 Å². The third-order valence-electron chi connectivity index (χ3n) is 3.12. The minimum Gasteiger partial charge on any atom is -0.266 e. The lowest BCUT2D eigenvalue weighted by Crippen LogP contribution is -2.07. The average Bonchev–Trinajstić information content (AvgIpc) is 2.68. The van der Waals surface area contributed by atoms with Crippen molar-refractivity contribution < 1.29 is 25.2 Å². The molecule has 0 fully saturated rings. The van der Waals surface area contributed by atoms with Gasteiger partial charge in [0, 0.05) is 5.88 Å². The Morgan fingerprint density at radius 1 is 0.741 bits per heavy atom. The smallest absolute Gasteiger partial charge is 0.266 e. The molecule has 0 aliphatic carbocycles. The fourth-order valence-corrected chi connectivity index (χ4v) is 3.83. The van der Waals surface area contributed by atoms with Crippen molar-refractivity contribution in [1.82, 2.24) is 0 Å². The predicted molar refractivity (Wildman–Crippen MR) is 105 cm³/mol. The summed E-state index contributed by atoms with van der Waals surface area (Å²) < 4.78 is 55.0. The van der Waals surface area contributed by atoms with Gasteiger partial charge in [0.15, 0.2) is 0 Å². The van der Waals surface area contributed by atoms with Crippen LogP contribution in [0.3, 0.4) is 0 Å². The van der Waals surface area contributed by atoms with Crippen molar-refractivity contribution >= 4 is 31.8 Å². The maximum Gasteiger partial charge on any atom is 0.297 e. The first-order valence-electron chi connectivity index (χ1n) is 8.28. The highest BCUT2D eigenvalue weighted by Gasteiger charge is 2.14. The molecule has 0 atom stereocenters. The lowest BCUT2D eigenvalue weighted by atomic mass is 10.4. The van der Waals surface area contributed by atoms with E-state index < -0.39 is 20.2 Å². The van der Waals surface area contributed by atoms with Crippen LogP contribution in [0.4, 0.5) is 0 Å².